The van der Waals surface area contributed by atoms with E-state index in [4.69, 9.17) is 9.29 Å². The van der Waals surface area contributed by atoms with Crippen molar-refractivity contribution < 1.29 is 23.1 Å². The molecule has 0 aliphatic carbocycles. The molecule has 1 saturated heterocycles. The van der Waals surface area contributed by atoms with Crippen LogP contribution in [0.5, 0.6) is 5.75 Å². The number of para-hydroxylation sites is 1. The van der Waals surface area contributed by atoms with Crippen LogP contribution in [0.25, 0.3) is 0 Å². The van der Waals surface area contributed by atoms with Gasteiger partial charge in [-0.05, 0) is 12.1 Å². The predicted octanol–water partition coefficient (Wildman–Crippen LogP) is -0.471. The van der Waals surface area contributed by atoms with Gasteiger partial charge in [0.05, 0.1) is 6.54 Å². The first kappa shape index (κ1) is 13.5. The number of hydrogen-bond acceptors (Lipinski definition) is 4. The van der Waals surface area contributed by atoms with Crippen LogP contribution in [0.3, 0.4) is 0 Å². The number of benzene rings is 1. The molecule has 7 nitrogen and oxygen atoms in total. The Balaban J connectivity index is 1.74. The third kappa shape index (κ3) is 3.30. The van der Waals surface area contributed by atoms with Crippen LogP contribution in [0, 0.1) is 0 Å². The van der Waals surface area contributed by atoms with Crippen LogP contribution in [0.1, 0.15) is 0 Å². The maximum Gasteiger partial charge on any atom is 0.264 e. The first-order valence-corrected chi connectivity index (χ1v) is 6.54. The first-order valence-electron chi connectivity index (χ1n) is 5.47. The van der Waals surface area contributed by atoms with Gasteiger partial charge in [0.15, 0.2) is 6.61 Å². The highest BCUT2D eigenvalue weighted by Crippen LogP contribution is 2.12. The molecule has 1 aliphatic heterocycles. The Morgan fingerprint density at radius 1 is 1.47 bits per heavy atom. The van der Waals surface area contributed by atoms with Gasteiger partial charge in [0.2, 0.25) is 0 Å². The third-order valence-corrected chi connectivity index (χ3v) is 3.24. The molecule has 0 radical (unpaired) electrons. The Morgan fingerprint density at radius 2 is 2.16 bits per heavy atom. The van der Waals surface area contributed by atoms with E-state index < -0.39 is 29.1 Å². The highest BCUT2D eigenvalue weighted by molar-refractivity contribution is 7.77. The largest absolute Gasteiger partial charge is 0.484 e. The average molecular weight is 284 g/mol. The van der Waals surface area contributed by atoms with Crippen molar-refractivity contribution in [2.45, 2.75) is 6.04 Å². The number of rotatable bonds is 5. The number of hydrogen-bond donors (Lipinski definition) is 2. The summed E-state index contributed by atoms with van der Waals surface area (Å²) in [6, 6.07) is 8.04. The zero-order valence-electron chi connectivity index (χ0n) is 9.81. The van der Waals surface area contributed by atoms with E-state index in [2.05, 4.69) is 5.32 Å². The van der Waals surface area contributed by atoms with Gasteiger partial charge in [0, 0.05) is 0 Å². The molecule has 1 unspecified atom stereocenters. The molecule has 1 aliphatic rings. The van der Waals surface area contributed by atoms with E-state index in [0.717, 1.165) is 4.31 Å². The zero-order valence-corrected chi connectivity index (χ0v) is 10.6. The maximum atomic E-state index is 11.5. The van der Waals surface area contributed by atoms with Crippen LogP contribution < -0.4 is 10.1 Å². The average Bonchev–Trinajstić information content (AvgIpc) is 2.41. The molecule has 102 valence electrons. The lowest BCUT2D eigenvalue weighted by Gasteiger charge is -2.34. The molecule has 2 rings (SSSR count). The summed E-state index contributed by atoms with van der Waals surface area (Å²) < 4.78 is 25.3. The van der Waals surface area contributed by atoms with Crippen molar-refractivity contribution in [1.29, 1.82) is 0 Å². The van der Waals surface area contributed by atoms with Crippen molar-refractivity contribution in [2.75, 3.05) is 13.2 Å². The molecule has 0 aromatic heterocycles. The fourth-order valence-electron chi connectivity index (χ4n) is 1.54. The van der Waals surface area contributed by atoms with Gasteiger partial charge >= 0.3 is 0 Å². The van der Waals surface area contributed by atoms with Gasteiger partial charge in [0.25, 0.3) is 23.1 Å². The van der Waals surface area contributed by atoms with Crippen LogP contribution in [-0.4, -0.2) is 44.1 Å². The van der Waals surface area contributed by atoms with E-state index in [1.54, 1.807) is 24.3 Å². The number of carbonyl (C=O) groups is 2. The van der Waals surface area contributed by atoms with Crippen LogP contribution in [0.2, 0.25) is 0 Å². The number of ether oxygens (including phenoxy) is 1. The highest BCUT2D eigenvalue weighted by Gasteiger charge is 2.41. The standard InChI is InChI=1S/C11H12N2O5S/c14-10(7-18-8-4-2-1-3-5-8)12-9-6-13(11(9)15)19(16)17/h1-5,9H,6-7H2,(H,12,14)(H,16,17)/t9-/m0/s1. The van der Waals surface area contributed by atoms with Crippen molar-refractivity contribution >= 4 is 23.1 Å². The fourth-order valence-corrected chi connectivity index (χ4v) is 2.10. The minimum atomic E-state index is -2.32. The van der Waals surface area contributed by atoms with Crippen LogP contribution in [0.4, 0.5) is 0 Å². The molecule has 2 N–H and O–H groups in total. The monoisotopic (exact) mass is 284 g/mol. The van der Waals surface area contributed by atoms with Gasteiger partial charge in [0.1, 0.15) is 11.8 Å². The first-order chi connectivity index (χ1) is 9.08. The Hall–Kier alpha value is -1.93. The van der Waals surface area contributed by atoms with E-state index >= 15 is 0 Å². The summed E-state index contributed by atoms with van der Waals surface area (Å²) in [5, 5.41) is 2.42. The summed E-state index contributed by atoms with van der Waals surface area (Å²) in [5.41, 5.74) is 0. The summed E-state index contributed by atoms with van der Waals surface area (Å²) in [6.07, 6.45) is 0. The number of β-lactam (4-membered cyclic amide) rings is 1. The molecular formula is C11H12N2O5S. The van der Waals surface area contributed by atoms with Crippen molar-refractivity contribution in [1.82, 2.24) is 9.62 Å². The summed E-state index contributed by atoms with van der Waals surface area (Å²) in [6.45, 7) is -0.185. The van der Waals surface area contributed by atoms with E-state index in [0.29, 0.717) is 5.75 Å². The van der Waals surface area contributed by atoms with E-state index in [-0.39, 0.29) is 13.2 Å². The normalized spacial score (nSPS) is 19.5. The number of amides is 2. The molecule has 0 saturated carbocycles. The number of nitrogens with one attached hydrogen (secondary N) is 1. The molecule has 1 aromatic rings. The number of nitrogens with zero attached hydrogens (tertiary/aromatic N) is 1. The number of carbonyl (C=O) groups excluding carboxylic acids is 2. The van der Waals surface area contributed by atoms with Crippen molar-refractivity contribution in [2.24, 2.45) is 0 Å². The maximum absolute atomic E-state index is 11.5. The van der Waals surface area contributed by atoms with Gasteiger partial charge in [-0.25, -0.2) is 8.51 Å². The molecule has 19 heavy (non-hydrogen) atoms. The lowest BCUT2D eigenvalue weighted by atomic mass is 10.1. The SMILES string of the molecule is O=C(COc1ccccc1)N[C@H]1CN(S(=O)O)C1=O. The second kappa shape index (κ2) is 5.81. The van der Waals surface area contributed by atoms with Gasteiger partial charge in [-0.15, -0.1) is 0 Å². The zero-order chi connectivity index (χ0) is 13.8. The van der Waals surface area contributed by atoms with Crippen LogP contribution in [0.15, 0.2) is 30.3 Å². The minimum absolute atomic E-state index is 0.0268. The molecule has 8 heteroatoms. The van der Waals surface area contributed by atoms with Crippen molar-refractivity contribution in [3.05, 3.63) is 30.3 Å². The van der Waals surface area contributed by atoms with E-state index in [1.807, 2.05) is 6.07 Å². The lowest BCUT2D eigenvalue weighted by Crippen LogP contribution is -2.64. The summed E-state index contributed by atoms with van der Waals surface area (Å²) in [5.74, 6) is -0.477. The Bertz CT molecular complexity index is 507. The van der Waals surface area contributed by atoms with E-state index in [9.17, 15) is 13.8 Å². The summed E-state index contributed by atoms with van der Waals surface area (Å²) >= 11 is -2.32. The van der Waals surface area contributed by atoms with Gasteiger partial charge in [-0.1, -0.05) is 18.2 Å². The third-order valence-electron chi connectivity index (χ3n) is 2.53. The topological polar surface area (TPSA) is 95.9 Å². The molecule has 1 fully saturated rings. The van der Waals surface area contributed by atoms with E-state index in [1.165, 1.54) is 0 Å². The molecule has 1 aromatic carbocycles. The summed E-state index contributed by atoms with van der Waals surface area (Å²) in [4.78, 5) is 22.8. The smallest absolute Gasteiger partial charge is 0.264 e. The molecule has 0 spiro atoms. The second-order valence-electron chi connectivity index (χ2n) is 3.85. The Kier molecular flexibility index (Phi) is 4.13. The molecule has 1 heterocycles. The minimum Gasteiger partial charge on any atom is -0.484 e. The molecule has 2 amide bonds. The van der Waals surface area contributed by atoms with Crippen LogP contribution in [-0.2, 0) is 20.9 Å². The van der Waals surface area contributed by atoms with Gasteiger partial charge in [-0.2, -0.15) is 0 Å². The summed E-state index contributed by atoms with van der Waals surface area (Å²) in [7, 11) is 0. The van der Waals surface area contributed by atoms with Gasteiger partial charge in [-0.3, -0.25) is 14.1 Å². The second-order valence-corrected chi connectivity index (χ2v) is 4.75. The van der Waals surface area contributed by atoms with Crippen LogP contribution >= 0.6 is 0 Å². The lowest BCUT2D eigenvalue weighted by molar-refractivity contribution is -0.140. The Morgan fingerprint density at radius 3 is 2.74 bits per heavy atom. The van der Waals surface area contributed by atoms with Crippen molar-refractivity contribution in [3.63, 3.8) is 0 Å². The van der Waals surface area contributed by atoms with Crippen molar-refractivity contribution in [3.8, 4) is 5.75 Å². The highest BCUT2D eigenvalue weighted by atomic mass is 32.2. The molecular weight excluding hydrogens is 272 g/mol. The molecule has 2 atom stereocenters. The van der Waals surface area contributed by atoms with Gasteiger partial charge < -0.3 is 10.1 Å². The predicted molar refractivity (Wildman–Crippen MR) is 66.4 cm³/mol. The Labute approximate surface area is 112 Å². The quantitative estimate of drug-likeness (QED) is 0.563. The molecule has 0 bridgehead atoms. The fraction of sp³-hybridized carbons (Fsp3) is 0.273.